The molecule has 0 saturated carbocycles. The van der Waals surface area contributed by atoms with Crippen LogP contribution in [0.25, 0.3) is 0 Å². The molecule has 0 heterocycles. The number of carboxylic acid groups (broad SMARTS) is 1. The van der Waals surface area contributed by atoms with Gasteiger partial charge in [-0.05, 0) is 23.1 Å². The van der Waals surface area contributed by atoms with E-state index in [2.05, 4.69) is 4.74 Å². The van der Waals surface area contributed by atoms with Crippen LogP contribution in [0, 0.1) is 0 Å². The number of aliphatic carboxylic acids is 1. The molecule has 0 saturated heterocycles. The van der Waals surface area contributed by atoms with Crippen molar-refractivity contribution in [3.05, 3.63) is 34.9 Å². The lowest BCUT2D eigenvalue weighted by Gasteiger charge is -2.11. The molecule has 1 aromatic rings. The Morgan fingerprint density at radius 2 is 2.05 bits per heavy atom. The summed E-state index contributed by atoms with van der Waals surface area (Å²) >= 11 is 5.78. The largest absolute Gasteiger partial charge is 0.479 e. The van der Waals surface area contributed by atoms with Gasteiger partial charge in [0.05, 0.1) is 7.11 Å². The summed E-state index contributed by atoms with van der Waals surface area (Å²) in [5.74, 6) is -1.43. The number of carbonyl (C=O) groups is 2. The van der Waals surface area contributed by atoms with E-state index in [-0.39, 0.29) is 23.8 Å². The first kappa shape index (κ1) is 15.5. The molecule has 0 bridgehead atoms. The fourth-order valence-electron chi connectivity index (χ4n) is 1.66. The van der Waals surface area contributed by atoms with Crippen LogP contribution in [0.2, 0.25) is 0 Å². The number of esters is 1. The van der Waals surface area contributed by atoms with Gasteiger partial charge >= 0.3 is 11.9 Å². The maximum absolute atomic E-state index is 11.1. The summed E-state index contributed by atoms with van der Waals surface area (Å²) < 4.78 is 4.55. The topological polar surface area (TPSA) is 83.8 Å². The van der Waals surface area contributed by atoms with E-state index in [9.17, 15) is 14.7 Å². The smallest absolute Gasteiger partial charge is 0.337 e. The molecule has 0 amide bonds. The van der Waals surface area contributed by atoms with Gasteiger partial charge in [-0.1, -0.05) is 18.2 Å². The highest BCUT2D eigenvalue weighted by molar-refractivity contribution is 6.17. The highest BCUT2D eigenvalue weighted by atomic mass is 35.5. The molecule has 2 N–H and O–H groups in total. The number of halogens is 1. The van der Waals surface area contributed by atoms with Crippen LogP contribution >= 0.6 is 11.6 Å². The fraction of sp³-hybridized carbons (Fsp3) is 0.385. The summed E-state index contributed by atoms with van der Waals surface area (Å²) in [6.45, 7) is 0. The molecule has 0 aliphatic rings. The lowest BCUT2D eigenvalue weighted by Crippen LogP contribution is -2.11. The Labute approximate surface area is 115 Å². The molecular weight excluding hydrogens is 272 g/mol. The van der Waals surface area contributed by atoms with Crippen molar-refractivity contribution in [2.24, 2.45) is 0 Å². The van der Waals surface area contributed by atoms with Crippen molar-refractivity contribution < 1.29 is 24.5 Å². The van der Waals surface area contributed by atoms with Gasteiger partial charge in [-0.3, -0.25) is 4.79 Å². The van der Waals surface area contributed by atoms with Crippen molar-refractivity contribution >= 4 is 23.5 Å². The second kappa shape index (κ2) is 7.11. The number of methoxy groups -OCH3 is 1. The number of aryl methyl sites for hydroxylation is 1. The van der Waals surface area contributed by atoms with Gasteiger partial charge < -0.3 is 14.9 Å². The van der Waals surface area contributed by atoms with Crippen molar-refractivity contribution in [2.45, 2.75) is 24.8 Å². The van der Waals surface area contributed by atoms with Gasteiger partial charge in [0.25, 0.3) is 0 Å². The zero-order chi connectivity index (χ0) is 14.4. The second-order valence-corrected chi connectivity index (χ2v) is 4.25. The average Bonchev–Trinajstić information content (AvgIpc) is 2.43. The summed E-state index contributed by atoms with van der Waals surface area (Å²) in [5, 5.41) is 18.2. The Kier molecular flexibility index (Phi) is 5.79. The first-order valence-electron chi connectivity index (χ1n) is 5.65. The minimum Gasteiger partial charge on any atom is -0.479 e. The predicted octanol–water partition coefficient (Wildman–Crippen LogP) is 1.65. The molecule has 1 rings (SSSR count). The van der Waals surface area contributed by atoms with E-state index in [0.717, 1.165) is 11.1 Å². The first-order chi connectivity index (χ1) is 8.99. The minimum absolute atomic E-state index is 0.174. The molecule has 6 heteroatoms. The molecule has 0 fully saturated rings. The molecular formula is C13H15ClO5. The Morgan fingerprint density at radius 1 is 1.37 bits per heavy atom. The third kappa shape index (κ3) is 4.22. The Bertz CT molecular complexity index is 472. The molecule has 0 aliphatic carbocycles. The second-order valence-electron chi connectivity index (χ2n) is 3.98. The third-order valence-corrected chi connectivity index (χ3v) is 3.04. The van der Waals surface area contributed by atoms with Crippen LogP contribution in [-0.2, 0) is 26.6 Å². The van der Waals surface area contributed by atoms with Gasteiger partial charge in [0.2, 0.25) is 0 Å². The van der Waals surface area contributed by atoms with Crippen LogP contribution in [0.5, 0.6) is 0 Å². The van der Waals surface area contributed by atoms with Crippen LogP contribution < -0.4 is 0 Å². The van der Waals surface area contributed by atoms with E-state index >= 15 is 0 Å². The molecule has 104 valence electrons. The fourth-order valence-corrected chi connectivity index (χ4v) is 1.92. The Balaban J connectivity index is 2.96. The molecule has 0 aromatic heterocycles. The highest BCUT2D eigenvalue weighted by Gasteiger charge is 2.17. The summed E-state index contributed by atoms with van der Waals surface area (Å²) in [6.07, 6.45) is -1.02. The number of carboxylic acids is 1. The van der Waals surface area contributed by atoms with Gasteiger partial charge in [-0.25, -0.2) is 4.79 Å². The van der Waals surface area contributed by atoms with Crippen molar-refractivity contribution in [3.63, 3.8) is 0 Å². The SMILES string of the molecule is COC(=O)CCc1cc(C(O)C(=O)O)ccc1CCl. The van der Waals surface area contributed by atoms with E-state index in [0.29, 0.717) is 6.42 Å². The number of hydrogen-bond donors (Lipinski definition) is 2. The number of alkyl halides is 1. The third-order valence-electron chi connectivity index (χ3n) is 2.75. The quantitative estimate of drug-likeness (QED) is 0.614. The Morgan fingerprint density at radius 3 is 2.58 bits per heavy atom. The molecule has 1 atom stereocenters. The zero-order valence-corrected chi connectivity index (χ0v) is 11.2. The zero-order valence-electron chi connectivity index (χ0n) is 10.4. The lowest BCUT2D eigenvalue weighted by atomic mass is 9.98. The van der Waals surface area contributed by atoms with Crippen LogP contribution in [0.15, 0.2) is 18.2 Å². The normalized spacial score (nSPS) is 11.9. The van der Waals surface area contributed by atoms with Gasteiger partial charge in [-0.15, -0.1) is 11.6 Å². The van der Waals surface area contributed by atoms with E-state index < -0.39 is 12.1 Å². The molecule has 19 heavy (non-hydrogen) atoms. The number of hydrogen-bond acceptors (Lipinski definition) is 4. The molecule has 0 radical (unpaired) electrons. The van der Waals surface area contributed by atoms with Crippen molar-refractivity contribution in [3.8, 4) is 0 Å². The van der Waals surface area contributed by atoms with E-state index in [1.165, 1.54) is 13.2 Å². The maximum atomic E-state index is 11.1. The van der Waals surface area contributed by atoms with E-state index in [1.807, 2.05) is 0 Å². The standard InChI is InChI=1S/C13H15ClO5/c1-19-11(15)5-4-8-6-9(12(16)13(17)18)2-3-10(8)7-14/h2-3,6,12,16H,4-5,7H2,1H3,(H,17,18). The average molecular weight is 287 g/mol. The highest BCUT2D eigenvalue weighted by Crippen LogP contribution is 2.21. The van der Waals surface area contributed by atoms with Gasteiger partial charge in [0.15, 0.2) is 6.10 Å². The summed E-state index contributed by atoms with van der Waals surface area (Å²) in [4.78, 5) is 21.8. The van der Waals surface area contributed by atoms with Gasteiger partial charge in [0, 0.05) is 12.3 Å². The summed E-state index contributed by atoms with van der Waals surface area (Å²) in [6, 6.07) is 4.72. The lowest BCUT2D eigenvalue weighted by molar-refractivity contribution is -0.147. The van der Waals surface area contributed by atoms with Crippen molar-refractivity contribution in [2.75, 3.05) is 7.11 Å². The summed E-state index contributed by atoms with van der Waals surface area (Å²) in [5.41, 5.74) is 1.80. The van der Waals surface area contributed by atoms with Gasteiger partial charge in [0.1, 0.15) is 0 Å². The predicted molar refractivity (Wildman–Crippen MR) is 68.9 cm³/mol. The molecule has 0 spiro atoms. The number of benzene rings is 1. The summed E-state index contributed by atoms with van der Waals surface area (Å²) in [7, 11) is 1.30. The molecule has 1 aromatic carbocycles. The van der Waals surface area contributed by atoms with E-state index in [4.69, 9.17) is 16.7 Å². The molecule has 0 aliphatic heterocycles. The number of rotatable bonds is 6. The van der Waals surface area contributed by atoms with E-state index in [1.54, 1.807) is 12.1 Å². The van der Waals surface area contributed by atoms with Crippen LogP contribution in [0.3, 0.4) is 0 Å². The van der Waals surface area contributed by atoms with Crippen LogP contribution in [-0.4, -0.2) is 29.3 Å². The first-order valence-corrected chi connectivity index (χ1v) is 6.18. The number of aliphatic hydroxyl groups excluding tert-OH is 1. The minimum atomic E-state index is -1.58. The number of carbonyl (C=O) groups excluding carboxylic acids is 1. The molecule has 5 nitrogen and oxygen atoms in total. The van der Waals surface area contributed by atoms with Crippen molar-refractivity contribution in [1.29, 1.82) is 0 Å². The van der Waals surface area contributed by atoms with Gasteiger partial charge in [-0.2, -0.15) is 0 Å². The number of aliphatic hydroxyl groups is 1. The number of ether oxygens (including phenoxy) is 1. The van der Waals surface area contributed by atoms with Crippen molar-refractivity contribution in [1.82, 2.24) is 0 Å². The maximum Gasteiger partial charge on any atom is 0.337 e. The van der Waals surface area contributed by atoms with Crippen LogP contribution in [0.1, 0.15) is 29.2 Å². The monoisotopic (exact) mass is 286 g/mol. The van der Waals surface area contributed by atoms with Crippen LogP contribution in [0.4, 0.5) is 0 Å². The Hall–Kier alpha value is -1.59. The molecule has 1 unspecified atom stereocenters.